The highest BCUT2D eigenvalue weighted by molar-refractivity contribution is 5.87. The Bertz CT molecular complexity index is 376. The Morgan fingerprint density at radius 3 is 3.00 bits per heavy atom. The van der Waals surface area contributed by atoms with Crippen molar-refractivity contribution in [3.63, 3.8) is 0 Å². The van der Waals surface area contributed by atoms with E-state index in [-0.39, 0.29) is 17.9 Å². The molecule has 0 spiro atoms. The number of nitrogens with one attached hydrogen (secondary N) is 1. The van der Waals surface area contributed by atoms with E-state index >= 15 is 0 Å². The van der Waals surface area contributed by atoms with E-state index in [1.165, 1.54) is 11.1 Å². The molecule has 1 unspecified atom stereocenters. The smallest absolute Gasteiger partial charge is 0.228 e. The summed E-state index contributed by atoms with van der Waals surface area (Å²) in [5, 5.41) is 2.91. The number of carbonyl (C=O) groups is 1. The number of nitrogens with two attached hydrogens (primary N) is 1. The summed E-state index contributed by atoms with van der Waals surface area (Å²) in [5.41, 5.74) is 7.92. The van der Waals surface area contributed by atoms with Crippen molar-refractivity contribution in [1.82, 2.24) is 5.32 Å². The summed E-state index contributed by atoms with van der Waals surface area (Å²) in [6.07, 6.45) is 0.860. The first-order valence-corrected chi connectivity index (χ1v) is 5.30. The fourth-order valence-corrected chi connectivity index (χ4v) is 1.90. The van der Waals surface area contributed by atoms with Crippen LogP contribution in [0.3, 0.4) is 0 Å². The highest BCUT2D eigenvalue weighted by Crippen LogP contribution is 2.34. The maximum Gasteiger partial charge on any atom is 0.228 e. The van der Waals surface area contributed by atoms with Crippen LogP contribution < -0.4 is 11.1 Å². The number of rotatable bonds is 3. The average molecular weight is 204 g/mol. The first-order valence-electron chi connectivity index (χ1n) is 5.30. The molecule has 0 heterocycles. The van der Waals surface area contributed by atoms with Gasteiger partial charge in [0.2, 0.25) is 5.91 Å². The Labute approximate surface area is 89.7 Å². The SMILES string of the molecule is C[C@@H](CN)NC(=O)C1Cc2ccccc21. The van der Waals surface area contributed by atoms with Crippen LogP contribution in [-0.4, -0.2) is 18.5 Å². The largest absolute Gasteiger partial charge is 0.352 e. The Kier molecular flexibility index (Phi) is 2.73. The minimum atomic E-state index is 0.0372. The van der Waals surface area contributed by atoms with Gasteiger partial charge in [0.25, 0.3) is 0 Å². The maximum absolute atomic E-state index is 11.8. The number of hydrogen-bond acceptors (Lipinski definition) is 2. The van der Waals surface area contributed by atoms with Gasteiger partial charge in [-0.25, -0.2) is 0 Å². The molecule has 80 valence electrons. The fourth-order valence-electron chi connectivity index (χ4n) is 1.90. The lowest BCUT2D eigenvalue weighted by Gasteiger charge is -2.29. The molecule has 0 bridgehead atoms. The van der Waals surface area contributed by atoms with E-state index in [0.29, 0.717) is 6.54 Å². The van der Waals surface area contributed by atoms with E-state index in [9.17, 15) is 4.79 Å². The number of fused-ring (bicyclic) bond motifs is 1. The van der Waals surface area contributed by atoms with Crippen molar-refractivity contribution in [1.29, 1.82) is 0 Å². The van der Waals surface area contributed by atoms with Crippen molar-refractivity contribution < 1.29 is 4.79 Å². The van der Waals surface area contributed by atoms with Crippen molar-refractivity contribution in [2.45, 2.75) is 25.3 Å². The van der Waals surface area contributed by atoms with Crippen molar-refractivity contribution in [3.05, 3.63) is 35.4 Å². The van der Waals surface area contributed by atoms with Gasteiger partial charge in [-0.1, -0.05) is 24.3 Å². The molecule has 2 rings (SSSR count). The fraction of sp³-hybridized carbons (Fsp3) is 0.417. The molecule has 3 nitrogen and oxygen atoms in total. The molecule has 3 N–H and O–H groups in total. The Morgan fingerprint density at radius 1 is 1.60 bits per heavy atom. The lowest BCUT2D eigenvalue weighted by Crippen LogP contribution is -2.43. The van der Waals surface area contributed by atoms with Gasteiger partial charge < -0.3 is 11.1 Å². The first kappa shape index (κ1) is 10.2. The van der Waals surface area contributed by atoms with Gasteiger partial charge in [-0.15, -0.1) is 0 Å². The second-order valence-corrected chi connectivity index (χ2v) is 4.10. The van der Waals surface area contributed by atoms with Crippen molar-refractivity contribution >= 4 is 5.91 Å². The zero-order chi connectivity index (χ0) is 10.8. The summed E-state index contributed by atoms with van der Waals surface area (Å²) < 4.78 is 0. The molecular formula is C12H16N2O. The number of amides is 1. The molecule has 0 fully saturated rings. The van der Waals surface area contributed by atoms with Gasteiger partial charge in [0.15, 0.2) is 0 Å². The Balaban J connectivity index is 2.01. The van der Waals surface area contributed by atoms with Crippen molar-refractivity contribution in [2.75, 3.05) is 6.54 Å². The van der Waals surface area contributed by atoms with E-state index in [1.807, 2.05) is 25.1 Å². The second kappa shape index (κ2) is 4.03. The molecule has 2 atom stereocenters. The highest BCUT2D eigenvalue weighted by Gasteiger charge is 2.31. The van der Waals surface area contributed by atoms with E-state index < -0.39 is 0 Å². The Morgan fingerprint density at radius 2 is 2.33 bits per heavy atom. The minimum Gasteiger partial charge on any atom is -0.352 e. The molecule has 1 aromatic rings. The van der Waals surface area contributed by atoms with Crippen molar-refractivity contribution in [2.24, 2.45) is 5.73 Å². The van der Waals surface area contributed by atoms with E-state index in [2.05, 4.69) is 11.4 Å². The normalized spacial score (nSPS) is 20.0. The molecule has 1 amide bonds. The summed E-state index contributed by atoms with van der Waals surface area (Å²) in [5.74, 6) is 0.141. The van der Waals surface area contributed by atoms with Gasteiger partial charge in [-0.2, -0.15) is 0 Å². The summed E-state index contributed by atoms with van der Waals surface area (Å²) in [6.45, 7) is 2.41. The Hall–Kier alpha value is -1.35. The third kappa shape index (κ3) is 1.88. The number of hydrogen-bond donors (Lipinski definition) is 2. The van der Waals surface area contributed by atoms with Crippen molar-refractivity contribution in [3.8, 4) is 0 Å². The molecule has 0 radical (unpaired) electrons. The van der Waals surface area contributed by atoms with Gasteiger partial charge in [0, 0.05) is 12.6 Å². The van der Waals surface area contributed by atoms with Crippen LogP contribution in [0.1, 0.15) is 24.0 Å². The van der Waals surface area contributed by atoms with E-state index in [1.54, 1.807) is 0 Å². The van der Waals surface area contributed by atoms with Crippen LogP contribution in [0.15, 0.2) is 24.3 Å². The third-order valence-corrected chi connectivity index (χ3v) is 2.91. The maximum atomic E-state index is 11.8. The zero-order valence-corrected chi connectivity index (χ0v) is 8.86. The van der Waals surface area contributed by atoms with Gasteiger partial charge in [0.05, 0.1) is 5.92 Å². The molecule has 1 aliphatic carbocycles. The highest BCUT2D eigenvalue weighted by atomic mass is 16.2. The molecule has 3 heteroatoms. The average Bonchev–Trinajstić information content (AvgIpc) is 2.19. The van der Waals surface area contributed by atoms with Crippen LogP contribution >= 0.6 is 0 Å². The van der Waals surface area contributed by atoms with Crippen LogP contribution in [0.5, 0.6) is 0 Å². The third-order valence-electron chi connectivity index (χ3n) is 2.91. The van der Waals surface area contributed by atoms with E-state index in [0.717, 1.165) is 6.42 Å². The first-order chi connectivity index (χ1) is 7.22. The molecule has 0 saturated carbocycles. The molecule has 0 aliphatic heterocycles. The quantitative estimate of drug-likeness (QED) is 0.764. The van der Waals surface area contributed by atoms with Crippen LogP contribution in [0.25, 0.3) is 0 Å². The minimum absolute atomic E-state index is 0.0372. The lowest BCUT2D eigenvalue weighted by molar-refractivity contribution is -0.123. The van der Waals surface area contributed by atoms with E-state index in [4.69, 9.17) is 5.73 Å². The predicted octanol–water partition coefficient (Wildman–Crippen LogP) is 0.790. The summed E-state index contributed by atoms with van der Waals surface area (Å²) in [7, 11) is 0. The lowest BCUT2D eigenvalue weighted by atomic mass is 9.77. The van der Waals surface area contributed by atoms with Crippen LogP contribution in [0, 0.1) is 0 Å². The van der Waals surface area contributed by atoms with Crippen LogP contribution in [0.2, 0.25) is 0 Å². The van der Waals surface area contributed by atoms with Gasteiger partial charge in [-0.05, 0) is 24.5 Å². The molecule has 0 aromatic heterocycles. The summed E-state index contributed by atoms with van der Waals surface area (Å²) in [4.78, 5) is 11.8. The molecule has 1 aliphatic rings. The topological polar surface area (TPSA) is 55.1 Å². The van der Waals surface area contributed by atoms with Gasteiger partial charge in [0.1, 0.15) is 0 Å². The van der Waals surface area contributed by atoms with Gasteiger partial charge in [-0.3, -0.25) is 4.79 Å². The monoisotopic (exact) mass is 204 g/mol. The van der Waals surface area contributed by atoms with Crippen LogP contribution in [-0.2, 0) is 11.2 Å². The standard InChI is InChI=1S/C12H16N2O/c1-8(7-13)14-12(15)11-6-9-4-2-3-5-10(9)11/h2-5,8,11H,6-7,13H2,1H3,(H,14,15)/t8-,11?/m0/s1. The molecule has 1 aromatic carbocycles. The van der Waals surface area contributed by atoms with Gasteiger partial charge >= 0.3 is 0 Å². The molecule has 0 saturated heterocycles. The predicted molar refractivity (Wildman–Crippen MR) is 59.5 cm³/mol. The second-order valence-electron chi connectivity index (χ2n) is 4.10. The zero-order valence-electron chi connectivity index (χ0n) is 8.86. The summed E-state index contributed by atoms with van der Waals surface area (Å²) in [6, 6.07) is 8.15. The summed E-state index contributed by atoms with van der Waals surface area (Å²) >= 11 is 0. The molecular weight excluding hydrogens is 188 g/mol. The number of benzene rings is 1. The molecule has 15 heavy (non-hydrogen) atoms. The number of carbonyl (C=O) groups excluding carboxylic acids is 1. The van der Waals surface area contributed by atoms with Crippen LogP contribution in [0.4, 0.5) is 0 Å².